The van der Waals surface area contributed by atoms with E-state index in [2.05, 4.69) is 17.6 Å². The van der Waals surface area contributed by atoms with Gasteiger partial charge in [0, 0.05) is 5.54 Å². The van der Waals surface area contributed by atoms with Gasteiger partial charge in [-0.2, -0.15) is 0 Å². The summed E-state index contributed by atoms with van der Waals surface area (Å²) in [4.78, 5) is 0. The summed E-state index contributed by atoms with van der Waals surface area (Å²) in [6, 6.07) is 0. The van der Waals surface area contributed by atoms with Gasteiger partial charge in [-0.25, -0.2) is 0 Å². The van der Waals surface area contributed by atoms with Crippen LogP contribution in [0.2, 0.25) is 0 Å². The normalized spacial score (nSPS) is 35.4. The van der Waals surface area contributed by atoms with Gasteiger partial charge < -0.3 is 10.6 Å². The third-order valence-corrected chi connectivity index (χ3v) is 5.44. The second-order valence-corrected chi connectivity index (χ2v) is 6.66. The predicted octanol–water partition coefficient (Wildman–Crippen LogP) is 2.30. The first-order valence-corrected chi connectivity index (χ1v) is 7.18. The average molecular weight is 222 g/mol. The Bertz CT molecular complexity index is 249. The van der Waals surface area contributed by atoms with Crippen molar-refractivity contribution in [2.45, 2.75) is 57.4 Å². The van der Waals surface area contributed by atoms with Crippen LogP contribution in [0.15, 0.2) is 0 Å². The van der Waals surface area contributed by atoms with Gasteiger partial charge in [0.1, 0.15) is 0 Å². The number of hydrogen-bond donors (Lipinski definition) is 2. The fourth-order valence-electron chi connectivity index (χ4n) is 3.96. The molecule has 2 heteroatoms. The molecule has 2 saturated carbocycles. The molecular weight excluding hydrogens is 196 g/mol. The molecule has 0 amide bonds. The summed E-state index contributed by atoms with van der Waals surface area (Å²) >= 11 is 0. The first kappa shape index (κ1) is 11.0. The molecule has 3 aliphatic rings. The van der Waals surface area contributed by atoms with Crippen molar-refractivity contribution >= 4 is 0 Å². The first-order chi connectivity index (χ1) is 7.73. The molecule has 0 radical (unpaired) electrons. The highest BCUT2D eigenvalue weighted by Gasteiger charge is 2.53. The molecule has 2 nitrogen and oxygen atoms in total. The fourth-order valence-corrected chi connectivity index (χ4v) is 3.96. The molecule has 1 saturated heterocycles. The Kier molecular flexibility index (Phi) is 2.75. The monoisotopic (exact) mass is 222 g/mol. The lowest BCUT2D eigenvalue weighted by molar-refractivity contribution is 0.295. The Balaban J connectivity index is 1.47. The van der Waals surface area contributed by atoms with Gasteiger partial charge in [-0.1, -0.05) is 12.8 Å². The van der Waals surface area contributed by atoms with Crippen molar-refractivity contribution in [3.05, 3.63) is 0 Å². The number of nitrogens with one attached hydrogen (secondary N) is 2. The molecule has 0 aromatic rings. The standard InChI is InChI=1S/C14H26N2/c1-13(4-2-3-5-13)16-11-12-10-14(12)6-8-15-9-7-14/h12,15-16H,2-11H2,1H3. The minimum atomic E-state index is 0.483. The minimum Gasteiger partial charge on any atom is -0.317 e. The SMILES string of the molecule is CC1(NCC2CC23CCNCC3)CCCC1. The summed E-state index contributed by atoms with van der Waals surface area (Å²) in [5, 5.41) is 7.36. The summed E-state index contributed by atoms with van der Waals surface area (Å²) in [6.45, 7) is 6.23. The summed E-state index contributed by atoms with van der Waals surface area (Å²) in [7, 11) is 0. The minimum absolute atomic E-state index is 0.483. The molecule has 0 aromatic carbocycles. The Morgan fingerprint density at radius 3 is 2.50 bits per heavy atom. The van der Waals surface area contributed by atoms with E-state index >= 15 is 0 Å². The van der Waals surface area contributed by atoms with Crippen LogP contribution >= 0.6 is 0 Å². The van der Waals surface area contributed by atoms with Gasteiger partial charge in [0.15, 0.2) is 0 Å². The zero-order valence-corrected chi connectivity index (χ0v) is 10.6. The lowest BCUT2D eigenvalue weighted by Crippen LogP contribution is -2.41. The molecule has 1 heterocycles. The topological polar surface area (TPSA) is 24.1 Å². The van der Waals surface area contributed by atoms with E-state index in [0.717, 1.165) is 11.3 Å². The molecule has 92 valence electrons. The number of rotatable bonds is 3. The van der Waals surface area contributed by atoms with Crippen molar-refractivity contribution in [2.24, 2.45) is 11.3 Å². The highest BCUT2D eigenvalue weighted by atomic mass is 15.0. The molecule has 1 unspecified atom stereocenters. The van der Waals surface area contributed by atoms with E-state index in [1.54, 1.807) is 0 Å². The summed E-state index contributed by atoms with van der Waals surface area (Å²) < 4.78 is 0. The quantitative estimate of drug-likeness (QED) is 0.765. The van der Waals surface area contributed by atoms with Crippen LogP contribution in [-0.4, -0.2) is 25.2 Å². The number of hydrogen-bond acceptors (Lipinski definition) is 2. The molecule has 2 N–H and O–H groups in total. The molecule has 3 fully saturated rings. The molecule has 2 aliphatic carbocycles. The average Bonchev–Trinajstić information content (AvgIpc) is 2.76. The van der Waals surface area contributed by atoms with E-state index < -0.39 is 0 Å². The van der Waals surface area contributed by atoms with Gasteiger partial charge in [-0.3, -0.25) is 0 Å². The zero-order valence-electron chi connectivity index (χ0n) is 10.6. The van der Waals surface area contributed by atoms with Crippen LogP contribution in [0.5, 0.6) is 0 Å². The van der Waals surface area contributed by atoms with Crippen LogP contribution in [0.4, 0.5) is 0 Å². The molecule has 3 rings (SSSR count). The second kappa shape index (κ2) is 3.99. The van der Waals surface area contributed by atoms with E-state index in [-0.39, 0.29) is 0 Å². The van der Waals surface area contributed by atoms with Crippen LogP contribution in [0.25, 0.3) is 0 Å². The van der Waals surface area contributed by atoms with E-state index in [4.69, 9.17) is 0 Å². The maximum atomic E-state index is 3.87. The van der Waals surface area contributed by atoms with Crippen molar-refractivity contribution in [1.29, 1.82) is 0 Å². The summed E-state index contributed by atoms with van der Waals surface area (Å²) in [5.41, 5.74) is 1.24. The molecule has 0 aromatic heterocycles. The third kappa shape index (κ3) is 2.02. The Morgan fingerprint density at radius 1 is 1.12 bits per heavy atom. The van der Waals surface area contributed by atoms with Crippen molar-refractivity contribution < 1.29 is 0 Å². The van der Waals surface area contributed by atoms with Gasteiger partial charge in [0.05, 0.1) is 0 Å². The molecular formula is C14H26N2. The van der Waals surface area contributed by atoms with Crippen molar-refractivity contribution in [3.63, 3.8) is 0 Å². The van der Waals surface area contributed by atoms with Gasteiger partial charge in [-0.05, 0) is 70.0 Å². The van der Waals surface area contributed by atoms with Crippen LogP contribution in [0, 0.1) is 11.3 Å². The Morgan fingerprint density at radius 2 is 1.81 bits per heavy atom. The molecule has 1 atom stereocenters. The van der Waals surface area contributed by atoms with Crippen LogP contribution < -0.4 is 10.6 Å². The van der Waals surface area contributed by atoms with Crippen molar-refractivity contribution in [2.75, 3.05) is 19.6 Å². The largest absolute Gasteiger partial charge is 0.317 e. The van der Waals surface area contributed by atoms with E-state index in [1.807, 2.05) is 0 Å². The van der Waals surface area contributed by atoms with Crippen LogP contribution in [0.1, 0.15) is 51.9 Å². The molecule has 0 bridgehead atoms. The first-order valence-electron chi connectivity index (χ1n) is 7.18. The van der Waals surface area contributed by atoms with Gasteiger partial charge in [0.2, 0.25) is 0 Å². The van der Waals surface area contributed by atoms with E-state index in [9.17, 15) is 0 Å². The lowest BCUT2D eigenvalue weighted by atomic mass is 9.91. The zero-order chi connectivity index (χ0) is 11.1. The van der Waals surface area contributed by atoms with E-state index in [0.29, 0.717) is 5.54 Å². The maximum absolute atomic E-state index is 3.87. The van der Waals surface area contributed by atoms with Crippen molar-refractivity contribution in [1.82, 2.24) is 10.6 Å². The highest BCUT2D eigenvalue weighted by Crippen LogP contribution is 2.58. The maximum Gasteiger partial charge on any atom is 0.0153 e. The Labute approximate surface area is 99.6 Å². The highest BCUT2D eigenvalue weighted by molar-refractivity contribution is 5.06. The van der Waals surface area contributed by atoms with Gasteiger partial charge in [0.25, 0.3) is 0 Å². The van der Waals surface area contributed by atoms with Crippen molar-refractivity contribution in [3.8, 4) is 0 Å². The third-order valence-electron chi connectivity index (χ3n) is 5.44. The van der Waals surface area contributed by atoms with Crippen LogP contribution in [-0.2, 0) is 0 Å². The summed E-state index contributed by atoms with van der Waals surface area (Å²) in [5.74, 6) is 0.993. The van der Waals surface area contributed by atoms with E-state index in [1.165, 1.54) is 64.6 Å². The second-order valence-electron chi connectivity index (χ2n) is 6.66. The summed E-state index contributed by atoms with van der Waals surface area (Å²) in [6.07, 6.45) is 10.0. The fraction of sp³-hybridized carbons (Fsp3) is 1.00. The predicted molar refractivity (Wildman–Crippen MR) is 67.5 cm³/mol. The van der Waals surface area contributed by atoms with Crippen LogP contribution in [0.3, 0.4) is 0 Å². The van der Waals surface area contributed by atoms with Gasteiger partial charge >= 0.3 is 0 Å². The molecule has 1 aliphatic heterocycles. The molecule has 1 spiro atoms. The van der Waals surface area contributed by atoms with Gasteiger partial charge in [-0.15, -0.1) is 0 Å². The molecule has 16 heavy (non-hydrogen) atoms. The Hall–Kier alpha value is -0.0800. The number of piperidine rings is 1. The smallest absolute Gasteiger partial charge is 0.0153 e. The lowest BCUT2D eigenvalue weighted by Gasteiger charge is -2.28.